The number of thiophene rings is 1. The van der Waals surface area contributed by atoms with Crippen LogP contribution in [0, 0.1) is 11.8 Å². The Labute approximate surface area is 266 Å². The molecule has 238 valence electrons. The van der Waals surface area contributed by atoms with Crippen molar-refractivity contribution in [1.29, 1.82) is 0 Å². The van der Waals surface area contributed by atoms with Crippen LogP contribution in [0.5, 0.6) is 23.0 Å². The van der Waals surface area contributed by atoms with Crippen LogP contribution in [0.25, 0.3) is 10.1 Å². The van der Waals surface area contributed by atoms with Crippen LogP contribution in [0.2, 0.25) is 0 Å². The minimum absolute atomic E-state index is 0.0817. The van der Waals surface area contributed by atoms with Crippen molar-refractivity contribution in [2.24, 2.45) is 11.8 Å². The van der Waals surface area contributed by atoms with Gasteiger partial charge in [0.2, 0.25) is 0 Å². The summed E-state index contributed by atoms with van der Waals surface area (Å²) in [6.45, 7) is 6.49. The van der Waals surface area contributed by atoms with Gasteiger partial charge in [-0.3, -0.25) is 14.5 Å². The molecular formula is C32H39NO9S2. The minimum Gasteiger partial charge on any atom is -0.502 e. The van der Waals surface area contributed by atoms with Gasteiger partial charge in [-0.2, -0.15) is 0 Å². The highest BCUT2D eigenvalue weighted by Crippen LogP contribution is 2.42. The Kier molecular flexibility index (Phi) is 11.1. The van der Waals surface area contributed by atoms with E-state index < -0.39 is 18.1 Å². The number of Topliss-reactive ketones (excluding diaryl/α,β-unsaturated/α-hetero) is 1. The summed E-state index contributed by atoms with van der Waals surface area (Å²) in [7, 11) is 3.14. The van der Waals surface area contributed by atoms with Crippen LogP contribution in [-0.4, -0.2) is 70.7 Å². The molecule has 0 radical (unpaired) electrons. The number of fused-ring (bicyclic) bond motifs is 2. The Balaban J connectivity index is 1.36. The van der Waals surface area contributed by atoms with Gasteiger partial charge in [0.1, 0.15) is 6.23 Å². The van der Waals surface area contributed by atoms with E-state index in [1.54, 1.807) is 28.1 Å². The van der Waals surface area contributed by atoms with Gasteiger partial charge in [0.05, 0.1) is 38.2 Å². The van der Waals surface area contributed by atoms with Crippen molar-refractivity contribution in [3.05, 3.63) is 46.3 Å². The first kappa shape index (κ1) is 33.4. The number of ether oxygens (including phenoxy) is 4. The molecule has 0 spiro atoms. The lowest BCUT2D eigenvalue weighted by atomic mass is 10.0. The molecular weight excluding hydrogens is 606 g/mol. The molecule has 1 aliphatic rings. The number of carboxylic acids is 1. The molecule has 0 amide bonds. The lowest BCUT2D eigenvalue weighted by Gasteiger charge is -2.28. The first-order valence-corrected chi connectivity index (χ1v) is 15.7. The number of benzene rings is 2. The Morgan fingerprint density at radius 1 is 0.977 bits per heavy atom. The van der Waals surface area contributed by atoms with Crippen LogP contribution in [0.1, 0.15) is 66.9 Å². The number of rotatable bonds is 16. The van der Waals surface area contributed by atoms with E-state index in [1.807, 2.05) is 42.2 Å². The van der Waals surface area contributed by atoms with Crippen LogP contribution in [-0.2, 0) is 11.3 Å². The van der Waals surface area contributed by atoms with Crippen LogP contribution in [0.15, 0.2) is 30.3 Å². The fourth-order valence-electron chi connectivity index (χ4n) is 5.19. The van der Waals surface area contributed by atoms with Gasteiger partial charge in [0, 0.05) is 42.1 Å². The summed E-state index contributed by atoms with van der Waals surface area (Å²) in [5.41, 5.74) is 2.00. The zero-order valence-corrected chi connectivity index (χ0v) is 27.1. The molecule has 3 aromatic rings. The third-order valence-corrected chi connectivity index (χ3v) is 9.43. The van der Waals surface area contributed by atoms with Crippen molar-refractivity contribution in [3.63, 3.8) is 0 Å². The van der Waals surface area contributed by atoms with Crippen molar-refractivity contribution >= 4 is 50.4 Å². The average Bonchev–Trinajstić information content (AvgIpc) is 3.55. The van der Waals surface area contributed by atoms with E-state index in [-0.39, 0.29) is 35.6 Å². The highest BCUT2D eigenvalue weighted by atomic mass is 32.1. The third kappa shape index (κ3) is 7.60. The molecule has 1 aromatic heterocycles. The number of ketones is 1. The third-order valence-electron chi connectivity index (χ3n) is 7.89. The van der Waals surface area contributed by atoms with Gasteiger partial charge in [-0.25, -0.2) is 0 Å². The van der Waals surface area contributed by atoms with Gasteiger partial charge < -0.3 is 34.3 Å². The molecule has 12 heteroatoms. The lowest BCUT2D eigenvalue weighted by molar-refractivity contribution is -0.143. The maximum Gasteiger partial charge on any atom is 0.306 e. The minimum atomic E-state index is -0.934. The zero-order chi connectivity index (χ0) is 32.1. The van der Waals surface area contributed by atoms with E-state index in [0.717, 1.165) is 21.2 Å². The number of methoxy groups -OCH3 is 2. The van der Waals surface area contributed by atoms with E-state index in [9.17, 15) is 24.9 Å². The second-order valence-electron chi connectivity index (χ2n) is 11.1. The number of aliphatic carboxylic acids is 1. The quantitative estimate of drug-likeness (QED) is 0.0938. The molecule has 1 aliphatic heterocycles. The Hall–Kier alpha value is -3.45. The average molecular weight is 646 g/mol. The number of carbonyl (C=O) groups is 2. The van der Waals surface area contributed by atoms with E-state index in [0.29, 0.717) is 54.1 Å². The number of carbonyl (C=O) groups excluding carboxylic acids is 1. The molecule has 2 unspecified atom stereocenters. The number of carboxylic acid groups (broad SMARTS) is 1. The van der Waals surface area contributed by atoms with Gasteiger partial charge in [-0.05, 0) is 66.3 Å². The normalized spacial score (nSPS) is 16.6. The maximum atomic E-state index is 12.7. The SMILES string of the molecule is COc1cc2c(cc1OCCCOc1cc3cc(C(=O)C[C@H](C)C(O)=S)sc3cc1OC)C(C)N(C(O)C[C@H](C)C(=O)O)C2. The molecule has 0 bridgehead atoms. The predicted molar refractivity (Wildman–Crippen MR) is 172 cm³/mol. The summed E-state index contributed by atoms with van der Waals surface area (Å²) in [5.74, 6) is 0.219. The number of aliphatic hydroxyl groups is 2. The molecule has 4 rings (SSSR count). The standard InChI is InChI=1S/C32H39NO9S2/c1-17(31(36)37)10-30(35)33-16-21-12-24(39-4)27(14-22(21)19(33)3)42-8-6-7-41-26-11-20-13-29(23(34)9-18(2)32(38)43)44-28(20)15-25(26)40-5/h11-15,17-19,30,35H,6-10,16H2,1-5H3,(H,36,37)(H,38,43)/t17-,18-,19?,30?/m0/s1. The molecule has 0 fully saturated rings. The van der Waals surface area contributed by atoms with Crippen LogP contribution >= 0.6 is 23.6 Å². The summed E-state index contributed by atoms with van der Waals surface area (Å²) in [6.07, 6.45) is -0.0390. The number of aliphatic hydroxyl groups excluding tert-OH is 2. The van der Waals surface area contributed by atoms with Crippen molar-refractivity contribution in [3.8, 4) is 23.0 Å². The van der Waals surface area contributed by atoms with Crippen molar-refractivity contribution in [2.45, 2.75) is 58.8 Å². The van der Waals surface area contributed by atoms with Crippen LogP contribution in [0.3, 0.4) is 0 Å². The van der Waals surface area contributed by atoms with Crippen molar-refractivity contribution in [2.75, 3.05) is 27.4 Å². The largest absolute Gasteiger partial charge is 0.502 e. The van der Waals surface area contributed by atoms with E-state index >= 15 is 0 Å². The Morgan fingerprint density at radius 3 is 2.23 bits per heavy atom. The van der Waals surface area contributed by atoms with E-state index in [4.69, 9.17) is 31.2 Å². The predicted octanol–water partition coefficient (Wildman–Crippen LogP) is 6.17. The smallest absolute Gasteiger partial charge is 0.306 e. The number of thiocarbonyl (C=S) groups is 1. The summed E-state index contributed by atoms with van der Waals surface area (Å²) in [6, 6.07) is 9.23. The second-order valence-corrected chi connectivity index (χ2v) is 12.6. The van der Waals surface area contributed by atoms with E-state index in [1.165, 1.54) is 11.3 Å². The number of hydrogen-bond donors (Lipinski definition) is 3. The Bertz CT molecular complexity index is 1520. The van der Waals surface area contributed by atoms with Gasteiger partial charge in [-0.15, -0.1) is 11.3 Å². The molecule has 2 heterocycles. The Morgan fingerprint density at radius 2 is 1.61 bits per heavy atom. The summed E-state index contributed by atoms with van der Waals surface area (Å²) in [5, 5.41) is 30.1. The van der Waals surface area contributed by atoms with Gasteiger partial charge in [0.15, 0.2) is 33.8 Å². The number of hydrogen-bond acceptors (Lipinski definition) is 10. The molecule has 0 saturated carbocycles. The monoisotopic (exact) mass is 645 g/mol. The van der Waals surface area contributed by atoms with Crippen LogP contribution < -0.4 is 18.9 Å². The van der Waals surface area contributed by atoms with E-state index in [2.05, 4.69) is 0 Å². The maximum absolute atomic E-state index is 12.7. The molecule has 2 aromatic carbocycles. The molecule has 0 aliphatic carbocycles. The zero-order valence-electron chi connectivity index (χ0n) is 25.5. The van der Waals surface area contributed by atoms with Crippen LogP contribution in [0.4, 0.5) is 0 Å². The highest BCUT2D eigenvalue weighted by molar-refractivity contribution is 7.80. The van der Waals surface area contributed by atoms with Crippen molar-refractivity contribution in [1.82, 2.24) is 4.90 Å². The molecule has 3 N–H and O–H groups in total. The summed E-state index contributed by atoms with van der Waals surface area (Å²) in [4.78, 5) is 26.4. The molecule has 10 nitrogen and oxygen atoms in total. The topological polar surface area (TPSA) is 135 Å². The fourth-order valence-corrected chi connectivity index (χ4v) is 6.30. The van der Waals surface area contributed by atoms with Gasteiger partial charge in [-0.1, -0.05) is 13.8 Å². The highest BCUT2D eigenvalue weighted by Gasteiger charge is 2.34. The summed E-state index contributed by atoms with van der Waals surface area (Å²) >= 11 is 6.15. The first-order valence-electron chi connectivity index (χ1n) is 14.4. The molecule has 4 atom stereocenters. The van der Waals surface area contributed by atoms with Crippen molar-refractivity contribution < 1.29 is 43.9 Å². The number of nitrogens with zero attached hydrogens (tertiary/aromatic N) is 1. The molecule has 0 saturated heterocycles. The summed E-state index contributed by atoms with van der Waals surface area (Å²) < 4.78 is 24.1. The van der Waals surface area contributed by atoms with Gasteiger partial charge in [0.25, 0.3) is 0 Å². The molecule has 44 heavy (non-hydrogen) atoms. The fraction of sp³-hybridized carbons (Fsp3) is 0.469. The second kappa shape index (κ2) is 14.6. The van der Waals surface area contributed by atoms with Gasteiger partial charge >= 0.3 is 5.97 Å². The lowest BCUT2D eigenvalue weighted by Crippen LogP contribution is -2.35. The first-order chi connectivity index (χ1) is 20.9.